The van der Waals surface area contributed by atoms with Gasteiger partial charge < -0.3 is 10.0 Å². The fraction of sp³-hybridized carbons (Fsp3) is 0.552. The molecule has 2 saturated carbocycles. The lowest BCUT2D eigenvalue weighted by Gasteiger charge is -2.54. The number of anilines is 1. The second-order valence-electron chi connectivity index (χ2n) is 11.1. The molecule has 1 N–H and O–H groups in total. The molecule has 0 saturated heterocycles. The Bertz CT molecular complexity index is 1020. The molecule has 3 nitrogen and oxygen atoms in total. The molecule has 170 valence electrons. The number of nitrogens with zero attached hydrogens (tertiary/aromatic N) is 1. The SMILES string of the molecule is C=C[C@]1(O)[C@H](C)C[C@H]2[C@@H]3CCC4=CC(=O)CCC4=C3[C@@H](c3ccc(N(C)C)cc3)C[C@@]21C. The van der Waals surface area contributed by atoms with Crippen LogP contribution in [0.1, 0.15) is 63.9 Å². The topological polar surface area (TPSA) is 40.5 Å². The zero-order valence-electron chi connectivity index (χ0n) is 20.0. The van der Waals surface area contributed by atoms with Crippen LogP contribution in [0, 0.1) is 23.2 Å². The standard InChI is InChI=1S/C29H37NO2/c1-6-29(32)18(2)15-26-24-13-9-20-16-22(31)12-14-23(20)27(24)25(17-28(26,29)3)19-7-10-21(11-8-19)30(4)5/h6-8,10-11,16,18,24-26,32H,1,9,12-15,17H2,2-5H3/t18-,24+,25-,26+,28+,29+/m1/s1. The first-order valence-electron chi connectivity index (χ1n) is 12.3. The van der Waals surface area contributed by atoms with E-state index in [2.05, 4.69) is 63.7 Å². The number of hydrogen-bond acceptors (Lipinski definition) is 3. The molecule has 0 heterocycles. The predicted molar refractivity (Wildman–Crippen MR) is 131 cm³/mol. The Hall–Kier alpha value is -2.13. The molecule has 5 rings (SSSR count). The molecule has 1 aromatic rings. The second kappa shape index (κ2) is 7.45. The van der Waals surface area contributed by atoms with Gasteiger partial charge in [-0.05, 0) is 84.8 Å². The van der Waals surface area contributed by atoms with Crippen LogP contribution in [0.5, 0.6) is 0 Å². The van der Waals surface area contributed by atoms with E-state index < -0.39 is 5.60 Å². The number of fused-ring (bicyclic) bond motifs is 4. The summed E-state index contributed by atoms with van der Waals surface area (Å²) < 4.78 is 0. The van der Waals surface area contributed by atoms with Crippen molar-refractivity contribution >= 4 is 11.5 Å². The van der Waals surface area contributed by atoms with Gasteiger partial charge in [0.05, 0.1) is 5.60 Å². The number of hydrogen-bond donors (Lipinski definition) is 1. The Morgan fingerprint density at radius 1 is 1.16 bits per heavy atom. The highest BCUT2D eigenvalue weighted by Gasteiger charge is 2.64. The molecule has 6 atom stereocenters. The molecule has 0 amide bonds. The van der Waals surface area contributed by atoms with Gasteiger partial charge in [-0.3, -0.25) is 4.79 Å². The summed E-state index contributed by atoms with van der Waals surface area (Å²) in [4.78, 5) is 14.3. The maximum absolute atomic E-state index is 12.2. The first-order valence-corrected chi connectivity index (χ1v) is 12.3. The Morgan fingerprint density at radius 2 is 1.88 bits per heavy atom. The van der Waals surface area contributed by atoms with Crippen LogP contribution >= 0.6 is 0 Å². The minimum absolute atomic E-state index is 0.195. The number of benzene rings is 1. The number of carbonyl (C=O) groups is 1. The van der Waals surface area contributed by atoms with Gasteiger partial charge in [0.1, 0.15) is 0 Å². The molecular weight excluding hydrogens is 394 g/mol. The van der Waals surface area contributed by atoms with Crippen LogP contribution in [0.3, 0.4) is 0 Å². The number of aliphatic hydroxyl groups is 1. The average Bonchev–Trinajstić information content (AvgIpc) is 2.99. The van der Waals surface area contributed by atoms with Crippen LogP contribution in [0.25, 0.3) is 0 Å². The van der Waals surface area contributed by atoms with Crippen LogP contribution in [0.15, 0.2) is 59.7 Å². The number of allylic oxidation sites excluding steroid dienone is 4. The van der Waals surface area contributed by atoms with E-state index in [1.807, 2.05) is 12.2 Å². The minimum Gasteiger partial charge on any atom is -0.385 e. The van der Waals surface area contributed by atoms with Crippen molar-refractivity contribution in [3.8, 4) is 0 Å². The van der Waals surface area contributed by atoms with Crippen molar-refractivity contribution in [2.45, 2.75) is 63.9 Å². The molecule has 4 aliphatic carbocycles. The molecule has 3 heteroatoms. The van der Waals surface area contributed by atoms with Crippen molar-refractivity contribution in [1.29, 1.82) is 0 Å². The Kier molecular flexibility index (Phi) is 5.05. The van der Waals surface area contributed by atoms with Gasteiger partial charge in [-0.15, -0.1) is 6.58 Å². The van der Waals surface area contributed by atoms with Crippen molar-refractivity contribution in [3.63, 3.8) is 0 Å². The molecule has 1 aromatic carbocycles. The van der Waals surface area contributed by atoms with Crippen molar-refractivity contribution in [2.24, 2.45) is 23.2 Å². The second-order valence-corrected chi connectivity index (χ2v) is 11.1. The first kappa shape index (κ1) is 21.7. The third-order valence-corrected chi connectivity index (χ3v) is 9.52. The van der Waals surface area contributed by atoms with Crippen molar-refractivity contribution in [1.82, 2.24) is 0 Å². The van der Waals surface area contributed by atoms with Gasteiger partial charge >= 0.3 is 0 Å². The van der Waals surface area contributed by atoms with Crippen LogP contribution < -0.4 is 4.90 Å². The molecule has 0 aromatic heterocycles. The highest BCUT2D eigenvalue weighted by molar-refractivity contribution is 5.93. The first-order chi connectivity index (χ1) is 15.2. The van der Waals surface area contributed by atoms with Crippen LogP contribution in [0.4, 0.5) is 5.69 Å². The molecule has 0 bridgehead atoms. The lowest BCUT2D eigenvalue weighted by Crippen LogP contribution is -2.52. The van der Waals surface area contributed by atoms with Gasteiger partial charge in [0.15, 0.2) is 5.78 Å². The smallest absolute Gasteiger partial charge is 0.156 e. The van der Waals surface area contributed by atoms with Crippen LogP contribution in [-0.2, 0) is 4.79 Å². The molecule has 4 aliphatic rings. The Labute approximate surface area is 192 Å². The lowest BCUT2D eigenvalue weighted by molar-refractivity contribution is -0.114. The quantitative estimate of drug-likeness (QED) is 0.614. The molecular formula is C29H37NO2. The zero-order chi connectivity index (χ0) is 22.8. The van der Waals surface area contributed by atoms with Gasteiger partial charge in [0.25, 0.3) is 0 Å². The van der Waals surface area contributed by atoms with Gasteiger partial charge in [-0.1, -0.05) is 37.6 Å². The fourth-order valence-electron chi connectivity index (χ4n) is 7.77. The van der Waals surface area contributed by atoms with E-state index in [1.165, 1.54) is 22.4 Å². The molecule has 2 fully saturated rings. The van der Waals surface area contributed by atoms with E-state index in [9.17, 15) is 9.90 Å². The summed E-state index contributed by atoms with van der Waals surface area (Å²) in [5.41, 5.74) is 5.84. The Morgan fingerprint density at radius 3 is 2.53 bits per heavy atom. The highest BCUT2D eigenvalue weighted by atomic mass is 16.3. The van der Waals surface area contributed by atoms with Crippen LogP contribution in [-0.4, -0.2) is 30.6 Å². The Balaban J connectivity index is 1.68. The molecule has 0 spiro atoms. The third-order valence-electron chi connectivity index (χ3n) is 9.52. The van der Waals surface area contributed by atoms with E-state index in [-0.39, 0.29) is 23.0 Å². The largest absolute Gasteiger partial charge is 0.385 e. The summed E-state index contributed by atoms with van der Waals surface area (Å²) in [7, 11) is 4.15. The predicted octanol–water partition coefficient (Wildman–Crippen LogP) is 5.82. The maximum atomic E-state index is 12.2. The summed E-state index contributed by atoms with van der Waals surface area (Å²) in [5, 5.41) is 11.9. The molecule has 0 radical (unpaired) electrons. The van der Waals surface area contributed by atoms with Crippen molar-refractivity contribution in [2.75, 3.05) is 19.0 Å². The fourth-order valence-corrected chi connectivity index (χ4v) is 7.77. The summed E-state index contributed by atoms with van der Waals surface area (Å²) in [5.74, 6) is 1.71. The number of rotatable bonds is 3. The monoisotopic (exact) mass is 431 g/mol. The summed E-state index contributed by atoms with van der Waals surface area (Å²) in [6.45, 7) is 8.62. The van der Waals surface area contributed by atoms with Gasteiger partial charge in [-0.2, -0.15) is 0 Å². The molecule has 0 unspecified atom stereocenters. The summed E-state index contributed by atoms with van der Waals surface area (Å²) in [6, 6.07) is 8.99. The minimum atomic E-state index is -0.839. The van der Waals surface area contributed by atoms with E-state index in [1.54, 1.807) is 5.57 Å². The van der Waals surface area contributed by atoms with Gasteiger partial charge in [-0.25, -0.2) is 0 Å². The van der Waals surface area contributed by atoms with Crippen molar-refractivity contribution < 1.29 is 9.90 Å². The van der Waals surface area contributed by atoms with Crippen LogP contribution in [0.2, 0.25) is 0 Å². The van der Waals surface area contributed by atoms with E-state index in [4.69, 9.17) is 0 Å². The lowest BCUT2D eigenvalue weighted by atomic mass is 9.51. The third kappa shape index (κ3) is 2.93. The van der Waals surface area contributed by atoms with Gasteiger partial charge in [0.2, 0.25) is 0 Å². The van der Waals surface area contributed by atoms with Crippen molar-refractivity contribution in [3.05, 3.63) is 65.3 Å². The highest BCUT2D eigenvalue weighted by Crippen LogP contribution is 2.68. The zero-order valence-corrected chi connectivity index (χ0v) is 20.0. The number of ketones is 1. The van der Waals surface area contributed by atoms with E-state index >= 15 is 0 Å². The molecule has 0 aliphatic heterocycles. The maximum Gasteiger partial charge on any atom is 0.156 e. The summed E-state index contributed by atoms with van der Waals surface area (Å²) >= 11 is 0. The summed E-state index contributed by atoms with van der Waals surface area (Å²) in [6.07, 6.45) is 9.35. The van der Waals surface area contributed by atoms with E-state index in [0.29, 0.717) is 18.3 Å². The number of carbonyl (C=O) groups excluding carboxylic acids is 1. The normalized spacial score (nSPS) is 38.5. The van der Waals surface area contributed by atoms with E-state index in [0.717, 1.165) is 32.1 Å². The molecule has 32 heavy (non-hydrogen) atoms. The van der Waals surface area contributed by atoms with Gasteiger partial charge in [0, 0.05) is 37.5 Å². The average molecular weight is 432 g/mol.